The van der Waals surface area contributed by atoms with Crippen molar-refractivity contribution in [3.63, 3.8) is 0 Å². The largest absolute Gasteiger partial charge is 0.497 e. The first kappa shape index (κ1) is 16.4. The van der Waals surface area contributed by atoms with Gasteiger partial charge in [-0.05, 0) is 37.5 Å². The van der Waals surface area contributed by atoms with Gasteiger partial charge in [0.05, 0.1) is 24.9 Å². The molecule has 1 amide bonds. The fourth-order valence-electron chi connectivity index (χ4n) is 3.19. The summed E-state index contributed by atoms with van der Waals surface area (Å²) in [5, 5.41) is 0. The van der Waals surface area contributed by atoms with Crippen molar-refractivity contribution in [2.75, 3.05) is 20.2 Å². The molecule has 0 saturated carbocycles. The van der Waals surface area contributed by atoms with Gasteiger partial charge in [-0.1, -0.05) is 12.1 Å². The van der Waals surface area contributed by atoms with E-state index in [9.17, 15) is 4.79 Å². The Morgan fingerprint density at radius 1 is 1.38 bits per heavy atom. The number of nitrogens with zero attached hydrogens (tertiary/aromatic N) is 3. The number of methoxy groups -OCH3 is 1. The van der Waals surface area contributed by atoms with Gasteiger partial charge in [0, 0.05) is 31.4 Å². The summed E-state index contributed by atoms with van der Waals surface area (Å²) in [5.41, 5.74) is 2.90. The van der Waals surface area contributed by atoms with E-state index in [0.717, 1.165) is 48.6 Å². The summed E-state index contributed by atoms with van der Waals surface area (Å²) in [7, 11) is 1.64. The van der Waals surface area contributed by atoms with Crippen LogP contribution in [0.4, 0.5) is 0 Å². The molecule has 5 heteroatoms. The Labute approximate surface area is 142 Å². The second-order valence-corrected chi connectivity index (χ2v) is 6.29. The number of ether oxygens (including phenoxy) is 1. The van der Waals surface area contributed by atoms with E-state index < -0.39 is 0 Å². The fraction of sp³-hybridized carbons (Fsp3) is 0.421. The molecule has 1 saturated heterocycles. The maximum absolute atomic E-state index is 12.7. The Hall–Kier alpha value is -2.43. The SMILES string of the molecule is COc1cccc(CC(=O)N2CCCC(c3cncc(C)n3)C2)c1. The molecule has 1 aromatic heterocycles. The average molecular weight is 325 g/mol. The van der Waals surface area contributed by atoms with Crippen LogP contribution < -0.4 is 4.74 Å². The molecule has 2 aromatic rings. The van der Waals surface area contributed by atoms with E-state index in [1.165, 1.54) is 0 Å². The summed E-state index contributed by atoms with van der Waals surface area (Å²) >= 11 is 0. The number of rotatable bonds is 4. The number of hydrogen-bond donors (Lipinski definition) is 0. The van der Waals surface area contributed by atoms with E-state index in [1.807, 2.05) is 42.3 Å². The maximum atomic E-state index is 12.7. The number of piperidine rings is 1. The molecule has 0 aliphatic carbocycles. The standard InChI is InChI=1S/C19H23N3O2/c1-14-11-20-12-18(21-14)16-6-4-8-22(13-16)19(23)10-15-5-3-7-17(9-15)24-2/h3,5,7,9,11-12,16H,4,6,8,10,13H2,1-2H3. The summed E-state index contributed by atoms with van der Waals surface area (Å²) in [6, 6.07) is 7.70. The Morgan fingerprint density at radius 3 is 3.04 bits per heavy atom. The number of amides is 1. The molecular weight excluding hydrogens is 302 g/mol. The van der Waals surface area contributed by atoms with E-state index >= 15 is 0 Å². The summed E-state index contributed by atoms with van der Waals surface area (Å²) in [6.07, 6.45) is 6.06. The van der Waals surface area contributed by atoms with E-state index in [2.05, 4.69) is 9.97 Å². The van der Waals surface area contributed by atoms with E-state index in [0.29, 0.717) is 6.42 Å². The van der Waals surface area contributed by atoms with Gasteiger partial charge in [0.15, 0.2) is 0 Å². The van der Waals surface area contributed by atoms with Crippen molar-refractivity contribution in [1.29, 1.82) is 0 Å². The van der Waals surface area contributed by atoms with E-state index in [4.69, 9.17) is 4.74 Å². The van der Waals surface area contributed by atoms with Crippen LogP contribution >= 0.6 is 0 Å². The van der Waals surface area contributed by atoms with Gasteiger partial charge in [0.25, 0.3) is 0 Å². The zero-order valence-corrected chi connectivity index (χ0v) is 14.2. The fourth-order valence-corrected chi connectivity index (χ4v) is 3.19. The molecule has 5 nitrogen and oxygen atoms in total. The highest BCUT2D eigenvalue weighted by Crippen LogP contribution is 2.26. The van der Waals surface area contributed by atoms with Gasteiger partial charge >= 0.3 is 0 Å². The lowest BCUT2D eigenvalue weighted by molar-refractivity contribution is -0.131. The minimum Gasteiger partial charge on any atom is -0.497 e. The molecule has 0 radical (unpaired) electrons. The van der Waals surface area contributed by atoms with Crippen LogP contribution in [0.15, 0.2) is 36.7 Å². The number of aromatic nitrogens is 2. The smallest absolute Gasteiger partial charge is 0.227 e. The number of carbonyl (C=O) groups is 1. The summed E-state index contributed by atoms with van der Waals surface area (Å²) in [5.74, 6) is 1.22. The zero-order valence-electron chi connectivity index (χ0n) is 14.2. The topological polar surface area (TPSA) is 55.3 Å². The lowest BCUT2D eigenvalue weighted by Gasteiger charge is -2.32. The van der Waals surface area contributed by atoms with Crippen molar-refractivity contribution in [2.45, 2.75) is 32.1 Å². The quantitative estimate of drug-likeness (QED) is 0.867. The lowest BCUT2D eigenvalue weighted by Crippen LogP contribution is -2.40. The maximum Gasteiger partial charge on any atom is 0.227 e. The monoisotopic (exact) mass is 325 g/mol. The van der Waals surface area contributed by atoms with Gasteiger partial charge in [0.1, 0.15) is 5.75 Å². The first-order valence-corrected chi connectivity index (χ1v) is 8.35. The second-order valence-electron chi connectivity index (χ2n) is 6.29. The zero-order chi connectivity index (χ0) is 16.9. The van der Waals surface area contributed by atoms with Gasteiger partial charge in [-0.15, -0.1) is 0 Å². The Bertz CT molecular complexity index is 717. The Balaban J connectivity index is 1.66. The van der Waals surface area contributed by atoms with Crippen molar-refractivity contribution < 1.29 is 9.53 Å². The van der Waals surface area contributed by atoms with Crippen molar-refractivity contribution in [1.82, 2.24) is 14.9 Å². The van der Waals surface area contributed by atoms with Crippen LogP contribution in [0.1, 0.15) is 35.7 Å². The number of likely N-dealkylation sites (tertiary alicyclic amines) is 1. The lowest BCUT2D eigenvalue weighted by atomic mass is 9.94. The van der Waals surface area contributed by atoms with Gasteiger partial charge in [-0.3, -0.25) is 14.8 Å². The third kappa shape index (κ3) is 3.91. The van der Waals surface area contributed by atoms with Crippen LogP contribution in [-0.4, -0.2) is 41.0 Å². The molecule has 1 aromatic carbocycles. The highest BCUT2D eigenvalue weighted by atomic mass is 16.5. The highest BCUT2D eigenvalue weighted by molar-refractivity contribution is 5.79. The third-order valence-corrected chi connectivity index (χ3v) is 4.46. The van der Waals surface area contributed by atoms with E-state index in [-0.39, 0.29) is 11.8 Å². The molecule has 1 aliphatic heterocycles. The molecule has 126 valence electrons. The molecule has 24 heavy (non-hydrogen) atoms. The van der Waals surface area contributed by atoms with Crippen LogP contribution in [0.2, 0.25) is 0 Å². The number of hydrogen-bond acceptors (Lipinski definition) is 4. The van der Waals surface area contributed by atoms with Crippen molar-refractivity contribution >= 4 is 5.91 Å². The summed E-state index contributed by atoms with van der Waals surface area (Å²) in [4.78, 5) is 23.4. The van der Waals surface area contributed by atoms with Gasteiger partial charge in [0.2, 0.25) is 5.91 Å². The molecule has 1 atom stereocenters. The van der Waals surface area contributed by atoms with E-state index in [1.54, 1.807) is 13.3 Å². The highest BCUT2D eigenvalue weighted by Gasteiger charge is 2.25. The van der Waals surface area contributed by atoms with Crippen LogP contribution in [0.25, 0.3) is 0 Å². The summed E-state index contributed by atoms with van der Waals surface area (Å²) in [6.45, 7) is 3.49. The van der Waals surface area contributed by atoms with Gasteiger partial charge in [-0.2, -0.15) is 0 Å². The molecule has 1 fully saturated rings. The number of carbonyl (C=O) groups excluding carboxylic acids is 1. The van der Waals surface area contributed by atoms with Crippen molar-refractivity contribution in [3.8, 4) is 5.75 Å². The van der Waals surface area contributed by atoms with Crippen LogP contribution in [-0.2, 0) is 11.2 Å². The predicted molar refractivity (Wildman–Crippen MR) is 92.0 cm³/mol. The van der Waals surface area contributed by atoms with Crippen molar-refractivity contribution in [2.24, 2.45) is 0 Å². The molecule has 3 rings (SSSR count). The van der Waals surface area contributed by atoms with Crippen LogP contribution in [0.3, 0.4) is 0 Å². The van der Waals surface area contributed by atoms with Gasteiger partial charge < -0.3 is 9.64 Å². The first-order valence-electron chi connectivity index (χ1n) is 8.35. The normalized spacial score (nSPS) is 17.6. The first-order chi connectivity index (χ1) is 11.7. The van der Waals surface area contributed by atoms with Crippen LogP contribution in [0, 0.1) is 6.92 Å². The number of aryl methyl sites for hydroxylation is 1. The minimum atomic E-state index is 0.161. The molecular formula is C19H23N3O2. The van der Waals surface area contributed by atoms with Crippen LogP contribution in [0.5, 0.6) is 5.75 Å². The molecule has 2 heterocycles. The molecule has 0 bridgehead atoms. The summed E-state index contributed by atoms with van der Waals surface area (Å²) < 4.78 is 5.23. The Morgan fingerprint density at radius 2 is 2.25 bits per heavy atom. The predicted octanol–water partition coefficient (Wildman–Crippen LogP) is 2.74. The molecule has 0 spiro atoms. The third-order valence-electron chi connectivity index (χ3n) is 4.46. The minimum absolute atomic E-state index is 0.161. The van der Waals surface area contributed by atoms with Gasteiger partial charge in [-0.25, -0.2) is 0 Å². The molecule has 1 unspecified atom stereocenters. The second kappa shape index (κ2) is 7.43. The average Bonchev–Trinajstić information content (AvgIpc) is 2.62. The number of benzene rings is 1. The Kier molecular flexibility index (Phi) is 5.08. The van der Waals surface area contributed by atoms with Crippen molar-refractivity contribution in [3.05, 3.63) is 53.6 Å². The molecule has 1 aliphatic rings. The molecule has 0 N–H and O–H groups in total.